The van der Waals surface area contributed by atoms with E-state index in [0.29, 0.717) is 25.1 Å². The summed E-state index contributed by atoms with van der Waals surface area (Å²) in [6, 6.07) is 0.177. The summed E-state index contributed by atoms with van der Waals surface area (Å²) in [6.45, 7) is 4.01. The molecular weight excluding hydrogens is 208 g/mol. The fourth-order valence-corrected chi connectivity index (χ4v) is 1.25. The lowest BCUT2D eigenvalue weighted by atomic mass is 10.4. The molecule has 2 rings (SSSR count). The molecule has 1 unspecified atom stereocenters. The normalized spacial score (nSPS) is 17.4. The standard InChI is InChI=1S/C10H18N4O2/c1-7(11)9-13-14-10(16-9)12-4-5-15-6-8-2-3-8/h7-8H,2-6,11H2,1H3,(H,12,14). The molecule has 1 heterocycles. The first kappa shape index (κ1) is 11.3. The predicted octanol–water partition coefficient (Wildman–Crippen LogP) is 0.928. The Labute approximate surface area is 94.6 Å². The maximum absolute atomic E-state index is 5.59. The molecule has 0 amide bonds. The van der Waals surface area contributed by atoms with Crippen molar-refractivity contribution in [2.75, 3.05) is 25.1 Å². The van der Waals surface area contributed by atoms with Crippen LogP contribution >= 0.6 is 0 Å². The molecule has 1 saturated carbocycles. The SMILES string of the molecule is CC(N)c1nnc(NCCOCC2CC2)o1. The minimum Gasteiger partial charge on any atom is -0.406 e. The van der Waals surface area contributed by atoms with Crippen LogP contribution in [0.3, 0.4) is 0 Å². The van der Waals surface area contributed by atoms with Gasteiger partial charge >= 0.3 is 6.01 Å². The van der Waals surface area contributed by atoms with E-state index in [2.05, 4.69) is 15.5 Å². The molecule has 3 N–H and O–H groups in total. The first-order valence-electron chi connectivity index (χ1n) is 5.66. The molecule has 0 saturated heterocycles. The average molecular weight is 226 g/mol. The molecular formula is C10H18N4O2. The predicted molar refractivity (Wildman–Crippen MR) is 58.9 cm³/mol. The summed E-state index contributed by atoms with van der Waals surface area (Å²) in [5.41, 5.74) is 5.59. The molecule has 1 aromatic heterocycles. The van der Waals surface area contributed by atoms with E-state index in [1.807, 2.05) is 0 Å². The van der Waals surface area contributed by atoms with Gasteiger partial charge in [0.15, 0.2) is 0 Å². The summed E-state index contributed by atoms with van der Waals surface area (Å²) >= 11 is 0. The molecule has 6 nitrogen and oxygen atoms in total. The first-order chi connectivity index (χ1) is 7.75. The summed E-state index contributed by atoms with van der Waals surface area (Å²) in [4.78, 5) is 0. The van der Waals surface area contributed by atoms with Gasteiger partial charge < -0.3 is 20.2 Å². The van der Waals surface area contributed by atoms with E-state index < -0.39 is 0 Å². The van der Waals surface area contributed by atoms with Crippen molar-refractivity contribution in [1.82, 2.24) is 10.2 Å². The van der Waals surface area contributed by atoms with Crippen LogP contribution in [0.5, 0.6) is 0 Å². The average Bonchev–Trinajstić information content (AvgIpc) is 2.94. The van der Waals surface area contributed by atoms with Crippen molar-refractivity contribution in [1.29, 1.82) is 0 Å². The van der Waals surface area contributed by atoms with Gasteiger partial charge in [0.05, 0.1) is 12.6 Å². The Morgan fingerprint density at radius 1 is 1.56 bits per heavy atom. The topological polar surface area (TPSA) is 86.2 Å². The molecule has 6 heteroatoms. The smallest absolute Gasteiger partial charge is 0.315 e. The molecule has 0 radical (unpaired) electrons. The van der Waals surface area contributed by atoms with Crippen molar-refractivity contribution in [2.45, 2.75) is 25.8 Å². The number of nitrogens with two attached hydrogens (primary N) is 1. The number of rotatable bonds is 7. The summed E-state index contributed by atoms with van der Waals surface area (Å²) in [6.07, 6.45) is 2.63. The lowest BCUT2D eigenvalue weighted by molar-refractivity contribution is 0.133. The number of anilines is 1. The lowest BCUT2D eigenvalue weighted by Gasteiger charge is -2.02. The highest BCUT2D eigenvalue weighted by Crippen LogP contribution is 2.28. The van der Waals surface area contributed by atoms with Gasteiger partial charge in [0.1, 0.15) is 0 Å². The fraction of sp³-hybridized carbons (Fsp3) is 0.800. The number of hydrogen-bond donors (Lipinski definition) is 2. The Bertz CT molecular complexity index is 322. The number of ether oxygens (including phenoxy) is 1. The van der Waals surface area contributed by atoms with Crippen molar-refractivity contribution in [2.24, 2.45) is 11.7 Å². The van der Waals surface area contributed by atoms with Gasteiger partial charge in [0.2, 0.25) is 5.89 Å². The van der Waals surface area contributed by atoms with Gasteiger partial charge in [-0.05, 0) is 25.7 Å². The number of nitrogens with one attached hydrogen (secondary N) is 1. The minimum atomic E-state index is -0.228. The van der Waals surface area contributed by atoms with Gasteiger partial charge in [0.25, 0.3) is 0 Å². The van der Waals surface area contributed by atoms with Gasteiger partial charge in [-0.3, -0.25) is 0 Å². The van der Waals surface area contributed by atoms with E-state index in [0.717, 1.165) is 12.5 Å². The van der Waals surface area contributed by atoms with E-state index in [-0.39, 0.29) is 6.04 Å². The molecule has 90 valence electrons. The highest BCUT2D eigenvalue weighted by molar-refractivity contribution is 5.16. The van der Waals surface area contributed by atoms with Gasteiger partial charge in [0, 0.05) is 13.2 Å². The molecule has 1 fully saturated rings. The number of nitrogens with zero attached hydrogens (tertiary/aromatic N) is 2. The second-order valence-corrected chi connectivity index (χ2v) is 4.18. The third kappa shape index (κ3) is 3.46. The van der Waals surface area contributed by atoms with Crippen LogP contribution in [0.4, 0.5) is 6.01 Å². The quantitative estimate of drug-likeness (QED) is 0.672. The van der Waals surface area contributed by atoms with Crippen molar-refractivity contribution in [3.05, 3.63) is 5.89 Å². The van der Waals surface area contributed by atoms with Crippen LogP contribution in [0.15, 0.2) is 4.42 Å². The Hall–Kier alpha value is -1.14. The second-order valence-electron chi connectivity index (χ2n) is 4.18. The zero-order valence-corrected chi connectivity index (χ0v) is 9.48. The van der Waals surface area contributed by atoms with Crippen LogP contribution in [0.1, 0.15) is 31.7 Å². The van der Waals surface area contributed by atoms with Crippen LogP contribution in [0, 0.1) is 5.92 Å². The molecule has 0 spiro atoms. The molecule has 16 heavy (non-hydrogen) atoms. The van der Waals surface area contributed by atoms with Crippen LogP contribution in [0.25, 0.3) is 0 Å². The van der Waals surface area contributed by atoms with Gasteiger partial charge in [-0.2, -0.15) is 0 Å². The van der Waals surface area contributed by atoms with E-state index in [1.165, 1.54) is 12.8 Å². The molecule has 0 bridgehead atoms. The Balaban J connectivity index is 1.60. The highest BCUT2D eigenvalue weighted by Gasteiger charge is 2.20. The van der Waals surface area contributed by atoms with Crippen LogP contribution < -0.4 is 11.1 Å². The maximum atomic E-state index is 5.59. The van der Waals surface area contributed by atoms with Crippen molar-refractivity contribution >= 4 is 6.01 Å². The monoisotopic (exact) mass is 226 g/mol. The van der Waals surface area contributed by atoms with Gasteiger partial charge in [-0.1, -0.05) is 5.10 Å². The maximum Gasteiger partial charge on any atom is 0.315 e. The summed E-state index contributed by atoms with van der Waals surface area (Å²) in [5, 5.41) is 10.6. The van der Waals surface area contributed by atoms with Crippen molar-refractivity contribution < 1.29 is 9.15 Å². The summed E-state index contributed by atoms with van der Waals surface area (Å²) in [7, 11) is 0. The molecule has 1 atom stereocenters. The second kappa shape index (κ2) is 5.27. The molecule has 1 aliphatic carbocycles. The third-order valence-corrected chi connectivity index (χ3v) is 2.40. The van der Waals surface area contributed by atoms with Crippen molar-refractivity contribution in [3.8, 4) is 0 Å². The summed E-state index contributed by atoms with van der Waals surface area (Å²) in [5.74, 6) is 1.24. The zero-order chi connectivity index (χ0) is 11.4. The molecule has 0 aliphatic heterocycles. The number of aromatic nitrogens is 2. The Morgan fingerprint density at radius 3 is 3.00 bits per heavy atom. The summed E-state index contributed by atoms with van der Waals surface area (Å²) < 4.78 is 10.7. The highest BCUT2D eigenvalue weighted by atomic mass is 16.5. The Morgan fingerprint density at radius 2 is 2.38 bits per heavy atom. The zero-order valence-electron chi connectivity index (χ0n) is 9.48. The number of hydrogen-bond acceptors (Lipinski definition) is 6. The van der Waals surface area contributed by atoms with Crippen LogP contribution in [-0.4, -0.2) is 30.0 Å². The molecule has 1 aliphatic rings. The van der Waals surface area contributed by atoms with Crippen LogP contribution in [-0.2, 0) is 4.74 Å². The van der Waals surface area contributed by atoms with E-state index >= 15 is 0 Å². The van der Waals surface area contributed by atoms with E-state index in [1.54, 1.807) is 6.92 Å². The van der Waals surface area contributed by atoms with Crippen LogP contribution in [0.2, 0.25) is 0 Å². The minimum absolute atomic E-state index is 0.228. The fourth-order valence-electron chi connectivity index (χ4n) is 1.25. The van der Waals surface area contributed by atoms with Crippen molar-refractivity contribution in [3.63, 3.8) is 0 Å². The molecule has 0 aromatic carbocycles. The van der Waals surface area contributed by atoms with Gasteiger partial charge in [-0.15, -0.1) is 5.10 Å². The van der Waals surface area contributed by atoms with E-state index in [9.17, 15) is 0 Å². The Kier molecular flexibility index (Phi) is 3.74. The third-order valence-electron chi connectivity index (χ3n) is 2.40. The first-order valence-corrected chi connectivity index (χ1v) is 5.66. The lowest BCUT2D eigenvalue weighted by Crippen LogP contribution is -2.10. The molecule has 1 aromatic rings. The van der Waals surface area contributed by atoms with Gasteiger partial charge in [-0.25, -0.2) is 0 Å². The largest absolute Gasteiger partial charge is 0.406 e. The van der Waals surface area contributed by atoms with E-state index in [4.69, 9.17) is 14.9 Å².